The molecule has 1 heterocycles. The first kappa shape index (κ1) is 27.9. The van der Waals surface area contributed by atoms with E-state index in [1.54, 1.807) is 71.9 Å². The molecule has 1 aliphatic rings. The third-order valence-corrected chi connectivity index (χ3v) is 5.10. The summed E-state index contributed by atoms with van der Waals surface area (Å²) in [5.41, 5.74) is -0.941. The van der Waals surface area contributed by atoms with Crippen LogP contribution < -0.4 is 10.6 Å². The van der Waals surface area contributed by atoms with E-state index in [0.717, 1.165) is 0 Å². The number of alkyl carbamates (subject to hydrolysis) is 1. The largest absolute Gasteiger partial charge is 0.467 e. The molecule has 3 atom stereocenters. The number of likely N-dealkylation sites (tertiary alicyclic amines) is 1. The van der Waals surface area contributed by atoms with E-state index in [9.17, 15) is 19.2 Å². The highest BCUT2D eigenvalue weighted by molar-refractivity contribution is 5.88. The summed E-state index contributed by atoms with van der Waals surface area (Å²) in [4.78, 5) is 52.7. The third-order valence-electron chi connectivity index (χ3n) is 5.10. The molecule has 2 N–H and O–H groups in total. The molecule has 0 saturated carbocycles. The fraction of sp³-hybridized carbons (Fsp3) is 0.600. The number of hydrogen-bond donors (Lipinski definition) is 2. The van der Waals surface area contributed by atoms with Crippen molar-refractivity contribution in [3.8, 4) is 0 Å². The average molecular weight is 492 g/mol. The van der Waals surface area contributed by atoms with E-state index in [4.69, 9.17) is 14.2 Å². The number of esters is 1. The molecule has 10 nitrogen and oxygen atoms in total. The van der Waals surface area contributed by atoms with Crippen LogP contribution in [0.3, 0.4) is 0 Å². The molecule has 1 aromatic rings. The molecule has 0 radical (unpaired) electrons. The monoisotopic (exact) mass is 491 g/mol. The Balaban J connectivity index is 2.32. The van der Waals surface area contributed by atoms with E-state index in [-0.39, 0.29) is 0 Å². The maximum atomic E-state index is 13.4. The predicted molar refractivity (Wildman–Crippen MR) is 128 cm³/mol. The number of carbonyl (C=O) groups excluding carboxylic acids is 4. The highest BCUT2D eigenvalue weighted by Gasteiger charge is 2.40. The van der Waals surface area contributed by atoms with Gasteiger partial charge < -0.3 is 24.8 Å². The second-order valence-corrected chi connectivity index (χ2v) is 10.4. The first-order valence-corrected chi connectivity index (χ1v) is 11.6. The van der Waals surface area contributed by atoms with Crippen LogP contribution in [0, 0.1) is 0 Å². The van der Waals surface area contributed by atoms with Crippen LogP contribution in [-0.4, -0.2) is 65.9 Å². The standard InChI is InChI=1S/C25H37N3O7/c1-24(2,3)34-22(31)27-19(21(30)33-7)18(16-12-9-8-10-13-16)26-20(29)17-14-11-15-28(17)23(32)35-25(4,5)6/h8-10,12-13,17-19H,11,14-15H2,1-7H3,(H,26,29)(H,27,31)/t17-,18-,19-/m0/s1. The van der Waals surface area contributed by atoms with Gasteiger partial charge in [-0.1, -0.05) is 30.3 Å². The van der Waals surface area contributed by atoms with Crippen LogP contribution in [0.2, 0.25) is 0 Å². The maximum Gasteiger partial charge on any atom is 0.410 e. The SMILES string of the molecule is COC(=O)[C@@H](NC(=O)OC(C)(C)C)[C@@H](NC(=O)[C@@H]1CCCN1C(=O)OC(C)(C)C)c1ccccc1. The molecular formula is C25H37N3O7. The van der Waals surface area contributed by atoms with Gasteiger partial charge in [0.1, 0.15) is 17.2 Å². The van der Waals surface area contributed by atoms with Crippen molar-refractivity contribution in [3.63, 3.8) is 0 Å². The molecular weight excluding hydrogens is 454 g/mol. The van der Waals surface area contributed by atoms with E-state index in [2.05, 4.69) is 10.6 Å². The minimum Gasteiger partial charge on any atom is -0.467 e. The Morgan fingerprint density at radius 1 is 0.943 bits per heavy atom. The highest BCUT2D eigenvalue weighted by Crippen LogP contribution is 2.24. The number of rotatable bonds is 6. The molecule has 0 aliphatic carbocycles. The van der Waals surface area contributed by atoms with Gasteiger partial charge in [0, 0.05) is 6.54 Å². The molecule has 0 bridgehead atoms. The van der Waals surface area contributed by atoms with Gasteiger partial charge in [-0.2, -0.15) is 0 Å². The lowest BCUT2D eigenvalue weighted by Crippen LogP contribution is -2.55. The molecule has 1 aliphatic heterocycles. The Morgan fingerprint density at radius 2 is 1.54 bits per heavy atom. The minimum atomic E-state index is -1.28. The number of benzene rings is 1. The summed E-state index contributed by atoms with van der Waals surface area (Å²) in [5.74, 6) is -1.23. The van der Waals surface area contributed by atoms with Crippen molar-refractivity contribution in [1.29, 1.82) is 0 Å². The van der Waals surface area contributed by atoms with Gasteiger partial charge in [-0.15, -0.1) is 0 Å². The normalized spacial score (nSPS) is 17.7. The summed E-state index contributed by atoms with van der Waals surface area (Å²) in [6, 6.07) is 5.68. The Labute approximate surface area is 206 Å². The first-order chi connectivity index (χ1) is 16.2. The minimum absolute atomic E-state index is 0.375. The summed E-state index contributed by atoms with van der Waals surface area (Å²) >= 11 is 0. The molecule has 35 heavy (non-hydrogen) atoms. The molecule has 3 amide bonds. The number of nitrogens with one attached hydrogen (secondary N) is 2. The van der Waals surface area contributed by atoms with Gasteiger partial charge in [0.25, 0.3) is 0 Å². The number of carbonyl (C=O) groups is 4. The van der Waals surface area contributed by atoms with Gasteiger partial charge in [-0.25, -0.2) is 14.4 Å². The lowest BCUT2D eigenvalue weighted by Gasteiger charge is -2.31. The van der Waals surface area contributed by atoms with Crippen molar-refractivity contribution in [2.75, 3.05) is 13.7 Å². The zero-order chi connectivity index (χ0) is 26.4. The summed E-state index contributed by atoms with van der Waals surface area (Å²) < 4.78 is 15.7. The van der Waals surface area contributed by atoms with Crippen molar-refractivity contribution < 1.29 is 33.4 Å². The summed E-state index contributed by atoms with van der Waals surface area (Å²) in [6.45, 7) is 10.7. The lowest BCUT2D eigenvalue weighted by atomic mass is 9.98. The van der Waals surface area contributed by atoms with E-state index in [0.29, 0.717) is 24.9 Å². The topological polar surface area (TPSA) is 123 Å². The van der Waals surface area contributed by atoms with Gasteiger partial charge in [0.05, 0.1) is 13.2 Å². The summed E-state index contributed by atoms with van der Waals surface area (Å²) in [7, 11) is 1.19. The van der Waals surface area contributed by atoms with Crippen LogP contribution in [-0.2, 0) is 23.8 Å². The van der Waals surface area contributed by atoms with Gasteiger partial charge in [-0.3, -0.25) is 9.69 Å². The van der Waals surface area contributed by atoms with Crippen LogP contribution in [0.5, 0.6) is 0 Å². The van der Waals surface area contributed by atoms with Crippen molar-refractivity contribution in [2.24, 2.45) is 0 Å². The molecule has 1 fully saturated rings. The molecule has 0 aromatic heterocycles. The molecule has 10 heteroatoms. The van der Waals surface area contributed by atoms with E-state index in [1.165, 1.54) is 12.0 Å². The molecule has 1 aromatic carbocycles. The second-order valence-electron chi connectivity index (χ2n) is 10.4. The molecule has 1 saturated heterocycles. The van der Waals surface area contributed by atoms with Crippen LogP contribution in [0.25, 0.3) is 0 Å². The number of hydrogen-bond acceptors (Lipinski definition) is 7. The van der Waals surface area contributed by atoms with Gasteiger partial charge >= 0.3 is 18.2 Å². The van der Waals surface area contributed by atoms with Gasteiger partial charge in [0.2, 0.25) is 5.91 Å². The predicted octanol–water partition coefficient (Wildman–Crippen LogP) is 3.31. The summed E-state index contributed by atoms with van der Waals surface area (Å²) in [6.07, 6.45) is -0.346. The zero-order valence-electron chi connectivity index (χ0n) is 21.5. The Bertz CT molecular complexity index is 906. The van der Waals surface area contributed by atoms with Crippen molar-refractivity contribution in [2.45, 2.75) is 83.7 Å². The Kier molecular flexibility index (Phi) is 9.12. The molecule has 194 valence electrons. The first-order valence-electron chi connectivity index (χ1n) is 11.6. The van der Waals surface area contributed by atoms with Gasteiger partial charge in [0.15, 0.2) is 6.04 Å². The maximum absolute atomic E-state index is 13.4. The average Bonchev–Trinajstić information content (AvgIpc) is 3.24. The van der Waals surface area contributed by atoms with E-state index < -0.39 is 53.4 Å². The van der Waals surface area contributed by atoms with Crippen LogP contribution in [0.15, 0.2) is 30.3 Å². The fourth-order valence-corrected chi connectivity index (χ4v) is 3.69. The quantitative estimate of drug-likeness (QED) is 0.462. The second kappa shape index (κ2) is 11.4. The van der Waals surface area contributed by atoms with Crippen LogP contribution >= 0.6 is 0 Å². The lowest BCUT2D eigenvalue weighted by molar-refractivity contribution is -0.144. The van der Waals surface area contributed by atoms with Crippen LogP contribution in [0.1, 0.15) is 66.0 Å². The smallest absolute Gasteiger partial charge is 0.410 e. The third kappa shape index (κ3) is 8.45. The zero-order valence-corrected chi connectivity index (χ0v) is 21.5. The number of ether oxygens (including phenoxy) is 3. The number of amides is 3. The highest BCUT2D eigenvalue weighted by atomic mass is 16.6. The number of methoxy groups -OCH3 is 1. The molecule has 0 unspecified atom stereocenters. The molecule has 0 spiro atoms. The number of nitrogens with zero attached hydrogens (tertiary/aromatic N) is 1. The van der Waals surface area contributed by atoms with E-state index in [1.807, 2.05) is 0 Å². The van der Waals surface area contributed by atoms with Crippen LogP contribution in [0.4, 0.5) is 9.59 Å². The molecule has 2 rings (SSSR count). The van der Waals surface area contributed by atoms with Crippen molar-refractivity contribution >= 4 is 24.1 Å². The Hall–Kier alpha value is -3.30. The van der Waals surface area contributed by atoms with E-state index >= 15 is 0 Å². The Morgan fingerprint density at radius 3 is 2.09 bits per heavy atom. The van der Waals surface area contributed by atoms with Crippen molar-refractivity contribution in [3.05, 3.63) is 35.9 Å². The summed E-state index contributed by atoms with van der Waals surface area (Å²) in [5, 5.41) is 5.38. The van der Waals surface area contributed by atoms with Gasteiger partial charge in [-0.05, 0) is 59.9 Å². The fourth-order valence-electron chi connectivity index (χ4n) is 3.69. The van der Waals surface area contributed by atoms with Crippen molar-refractivity contribution in [1.82, 2.24) is 15.5 Å².